The highest BCUT2D eigenvalue weighted by Gasteiger charge is 2.38. The molecule has 218 valence electrons. The quantitative estimate of drug-likeness (QED) is 0.232. The molecule has 0 spiro atoms. The van der Waals surface area contributed by atoms with Gasteiger partial charge in [-0.05, 0) is 48.6 Å². The molecule has 0 saturated heterocycles. The Morgan fingerprint density at radius 3 is 2.41 bits per heavy atom. The fourth-order valence-corrected chi connectivity index (χ4v) is 5.73. The first kappa shape index (κ1) is 27.2. The standard InChI is InChI=1S/C34H27N5O5/c1-43-28-20-29-27(36-30(44-29)16-15-23-8-4-5-17-35-23)19-26(28)22-13-11-21(12-14-22)7-6-18-38-32-31(37-39(38)42)33(40)24-9-2-3-10-25(24)34(32)41/h2-5,8-14,17,19-20H,6-7,15-16,18H2,1H3/p+1. The van der Waals surface area contributed by atoms with E-state index in [1.54, 1.807) is 37.6 Å². The van der Waals surface area contributed by atoms with Crippen LogP contribution in [0.25, 0.3) is 22.2 Å². The lowest BCUT2D eigenvalue weighted by Crippen LogP contribution is -2.32. The van der Waals surface area contributed by atoms with Gasteiger partial charge in [0.15, 0.2) is 22.9 Å². The lowest BCUT2D eigenvalue weighted by Gasteiger charge is -2.12. The van der Waals surface area contributed by atoms with Crippen molar-refractivity contribution in [1.82, 2.24) is 19.7 Å². The molecule has 44 heavy (non-hydrogen) atoms. The second-order valence-electron chi connectivity index (χ2n) is 10.7. The van der Waals surface area contributed by atoms with Crippen LogP contribution in [0, 0.1) is 4.91 Å². The number of hydrogen-bond acceptors (Lipinski definition) is 7. The molecule has 10 heteroatoms. The van der Waals surface area contributed by atoms with E-state index in [9.17, 15) is 14.5 Å². The maximum absolute atomic E-state index is 13.2. The van der Waals surface area contributed by atoms with Gasteiger partial charge in [-0.15, -0.1) is 0 Å². The Hall–Kier alpha value is -5.64. The minimum absolute atomic E-state index is 0.0337. The van der Waals surface area contributed by atoms with Crippen LogP contribution in [0.15, 0.2) is 89.5 Å². The Kier molecular flexibility index (Phi) is 6.94. The van der Waals surface area contributed by atoms with Gasteiger partial charge < -0.3 is 9.15 Å². The van der Waals surface area contributed by atoms with Gasteiger partial charge in [0.1, 0.15) is 11.3 Å². The van der Waals surface area contributed by atoms with E-state index in [0.717, 1.165) is 34.3 Å². The molecule has 7 rings (SSSR count). The highest BCUT2D eigenvalue weighted by Crippen LogP contribution is 2.35. The second-order valence-corrected chi connectivity index (χ2v) is 10.7. The van der Waals surface area contributed by atoms with Crippen molar-refractivity contribution in [3.63, 3.8) is 0 Å². The summed E-state index contributed by atoms with van der Waals surface area (Å²) in [7, 11) is 1.63. The average molecular weight is 587 g/mol. The molecule has 1 aliphatic carbocycles. The first-order valence-electron chi connectivity index (χ1n) is 14.4. The number of H-pyrrole nitrogens is 1. The van der Waals surface area contributed by atoms with E-state index in [1.807, 2.05) is 54.6 Å². The number of aromatic nitrogens is 5. The normalized spacial score (nSPS) is 12.4. The van der Waals surface area contributed by atoms with Crippen molar-refractivity contribution in [2.75, 3.05) is 7.11 Å². The van der Waals surface area contributed by atoms with Gasteiger partial charge in [-0.2, -0.15) is 0 Å². The molecule has 0 saturated carbocycles. The van der Waals surface area contributed by atoms with E-state index in [-0.39, 0.29) is 29.5 Å². The highest BCUT2D eigenvalue weighted by molar-refractivity contribution is 6.26. The van der Waals surface area contributed by atoms with Gasteiger partial charge >= 0.3 is 0 Å². The molecule has 3 aromatic heterocycles. The number of pyridine rings is 1. The van der Waals surface area contributed by atoms with Crippen molar-refractivity contribution >= 4 is 22.7 Å². The third-order valence-corrected chi connectivity index (χ3v) is 7.96. The van der Waals surface area contributed by atoms with E-state index in [1.165, 1.54) is 4.68 Å². The van der Waals surface area contributed by atoms with Crippen LogP contribution in [0.3, 0.4) is 0 Å². The molecule has 0 atom stereocenters. The number of aryl methyl sites for hydroxylation is 3. The Labute approximate surface area is 251 Å². The molecular weight excluding hydrogens is 558 g/mol. The molecule has 10 nitrogen and oxygen atoms in total. The molecule has 0 amide bonds. The zero-order chi connectivity index (χ0) is 30.2. The van der Waals surface area contributed by atoms with Crippen molar-refractivity contribution in [2.45, 2.75) is 32.2 Å². The molecule has 0 bridgehead atoms. The summed E-state index contributed by atoms with van der Waals surface area (Å²) in [4.78, 5) is 47.8. The van der Waals surface area contributed by atoms with Gasteiger partial charge in [0.25, 0.3) is 4.66 Å². The number of ether oxygens (including phenoxy) is 1. The lowest BCUT2D eigenvalue weighted by molar-refractivity contribution is -0.652. The first-order valence-corrected chi connectivity index (χ1v) is 14.4. The summed E-state index contributed by atoms with van der Waals surface area (Å²) < 4.78 is 13.5. The van der Waals surface area contributed by atoms with Crippen LogP contribution in [-0.4, -0.2) is 38.4 Å². The van der Waals surface area contributed by atoms with Crippen LogP contribution in [0.2, 0.25) is 0 Å². The summed E-state index contributed by atoms with van der Waals surface area (Å²) in [6.45, 7) is 0.275. The van der Waals surface area contributed by atoms with Gasteiger partial charge in [0.2, 0.25) is 11.6 Å². The average Bonchev–Trinajstić information content (AvgIpc) is 3.62. The molecule has 0 radical (unpaired) electrons. The maximum Gasteiger partial charge on any atom is 0.258 e. The number of ketones is 2. The third-order valence-electron chi connectivity index (χ3n) is 7.96. The SMILES string of the molecule is COc1cc2oc(CCc3ccccn3)nc2cc1-c1ccc(CCCn2c3c([nH][n+]2=O)C(=O)c2ccccc2C3=O)cc1. The summed E-state index contributed by atoms with van der Waals surface area (Å²) in [5.74, 6) is 0.654. The molecule has 0 unspecified atom stereocenters. The van der Waals surface area contributed by atoms with Crippen LogP contribution >= 0.6 is 0 Å². The summed E-state index contributed by atoms with van der Waals surface area (Å²) >= 11 is 0. The smallest absolute Gasteiger partial charge is 0.258 e. The van der Waals surface area contributed by atoms with E-state index < -0.39 is 0 Å². The summed E-state index contributed by atoms with van der Waals surface area (Å²) in [5.41, 5.74) is 6.12. The number of rotatable bonds is 9. The Morgan fingerprint density at radius 1 is 0.886 bits per heavy atom. The molecule has 0 fully saturated rings. The molecule has 6 aromatic rings. The Morgan fingerprint density at radius 2 is 1.66 bits per heavy atom. The fourth-order valence-electron chi connectivity index (χ4n) is 5.73. The summed E-state index contributed by atoms with van der Waals surface area (Å²) in [5, 5.41) is 2.53. The largest absolute Gasteiger partial charge is 0.496 e. The van der Waals surface area contributed by atoms with Gasteiger partial charge in [-0.25, -0.2) is 4.98 Å². The minimum Gasteiger partial charge on any atom is -0.496 e. The molecule has 1 aliphatic rings. The number of carbonyl (C=O) groups is 2. The monoisotopic (exact) mass is 586 g/mol. The van der Waals surface area contributed by atoms with Crippen molar-refractivity contribution in [1.29, 1.82) is 0 Å². The molecule has 1 N–H and O–H groups in total. The summed E-state index contributed by atoms with van der Waals surface area (Å²) in [6.07, 6.45) is 4.43. The van der Waals surface area contributed by atoms with Crippen LogP contribution in [-0.2, 0) is 25.8 Å². The van der Waals surface area contributed by atoms with Gasteiger partial charge in [-0.1, -0.05) is 64.4 Å². The molecule has 3 heterocycles. The molecule has 3 aromatic carbocycles. The summed E-state index contributed by atoms with van der Waals surface area (Å²) in [6, 6.07) is 24.5. The van der Waals surface area contributed by atoms with E-state index >= 15 is 0 Å². The van der Waals surface area contributed by atoms with E-state index in [4.69, 9.17) is 14.1 Å². The lowest BCUT2D eigenvalue weighted by atomic mass is 9.90. The van der Waals surface area contributed by atoms with Crippen molar-refractivity contribution < 1.29 is 23.4 Å². The van der Waals surface area contributed by atoms with Crippen LogP contribution in [0.4, 0.5) is 0 Å². The number of nitrogens with one attached hydrogen (secondary N) is 1. The Bertz CT molecular complexity index is 2090. The predicted octanol–water partition coefficient (Wildman–Crippen LogP) is 5.14. The van der Waals surface area contributed by atoms with Crippen molar-refractivity contribution in [2.24, 2.45) is 0 Å². The van der Waals surface area contributed by atoms with E-state index in [2.05, 4.69) is 10.1 Å². The number of benzene rings is 3. The zero-order valence-corrected chi connectivity index (χ0v) is 23.9. The number of carbonyl (C=O) groups excluding carboxylic acids is 2. The van der Waals surface area contributed by atoms with Crippen molar-refractivity contribution in [3.05, 3.63) is 130 Å². The molecular formula is C34H28N5O5+. The fraction of sp³-hybridized carbons (Fsp3) is 0.176. The number of nitrogens with zero attached hydrogens (tertiary/aromatic N) is 4. The van der Waals surface area contributed by atoms with Crippen LogP contribution in [0.5, 0.6) is 5.75 Å². The Balaban J connectivity index is 1.05. The van der Waals surface area contributed by atoms with Gasteiger partial charge in [-0.3, -0.25) is 14.6 Å². The number of fused-ring (bicyclic) bond motifs is 3. The van der Waals surface area contributed by atoms with Gasteiger partial charge in [0, 0.05) is 41.1 Å². The van der Waals surface area contributed by atoms with Crippen LogP contribution in [0.1, 0.15) is 55.7 Å². The minimum atomic E-state index is -0.353. The number of oxazole rings is 1. The number of aromatic amines is 1. The third kappa shape index (κ3) is 4.90. The number of methoxy groups -OCH3 is 1. The van der Waals surface area contributed by atoms with Crippen molar-refractivity contribution in [3.8, 4) is 16.9 Å². The zero-order valence-electron chi connectivity index (χ0n) is 23.9. The highest BCUT2D eigenvalue weighted by atomic mass is 16.5. The predicted molar refractivity (Wildman–Crippen MR) is 161 cm³/mol. The topological polar surface area (TPSA) is 126 Å². The first-order chi connectivity index (χ1) is 21.5. The van der Waals surface area contributed by atoms with Gasteiger partial charge in [0.05, 0.1) is 18.6 Å². The second kappa shape index (κ2) is 11.2. The maximum atomic E-state index is 13.2. The van der Waals surface area contributed by atoms with Crippen LogP contribution < -0.4 is 9.39 Å². The number of hydrogen-bond donors (Lipinski definition) is 1. The van der Waals surface area contributed by atoms with E-state index in [0.29, 0.717) is 52.3 Å². The molecule has 0 aliphatic heterocycles.